The number of ether oxygens (including phenoxy) is 2. The Morgan fingerprint density at radius 1 is 0.875 bits per heavy atom. The Kier molecular flexibility index (Phi) is 11.6. The molecule has 4 aromatic rings. The molecule has 0 radical (unpaired) electrons. The Labute approximate surface area is 270 Å². The van der Waals surface area contributed by atoms with Gasteiger partial charge >= 0.3 is 18.1 Å². The number of rotatable bonds is 10. The van der Waals surface area contributed by atoms with Crippen molar-refractivity contribution in [3.63, 3.8) is 0 Å². The number of nitrogens with one attached hydrogen (secondary N) is 1. The van der Waals surface area contributed by atoms with E-state index < -0.39 is 47.2 Å². The molecular formula is C32H30F5N5O6. The Balaban J connectivity index is 0.000000804. The Morgan fingerprint density at radius 2 is 1.44 bits per heavy atom. The molecule has 48 heavy (non-hydrogen) atoms. The van der Waals surface area contributed by atoms with Crippen LogP contribution in [0.4, 0.5) is 27.6 Å². The van der Waals surface area contributed by atoms with Crippen LogP contribution in [-0.4, -0.2) is 56.2 Å². The summed E-state index contributed by atoms with van der Waals surface area (Å²) in [4.78, 5) is 30.5. The molecule has 2 heterocycles. The first-order valence-electron chi connectivity index (χ1n) is 14.0. The van der Waals surface area contributed by atoms with Gasteiger partial charge in [0.15, 0.2) is 0 Å². The molecule has 0 aliphatic rings. The largest absolute Gasteiger partial charge is 0.490 e. The molecule has 0 aliphatic carbocycles. The summed E-state index contributed by atoms with van der Waals surface area (Å²) in [7, 11) is 0. The number of nitrogen functional groups attached to an aromatic ring is 1. The van der Waals surface area contributed by atoms with E-state index in [4.69, 9.17) is 30.5 Å². The number of aliphatic carboxylic acids is 1. The maximum Gasteiger partial charge on any atom is 0.490 e. The molecule has 0 spiro atoms. The van der Waals surface area contributed by atoms with Gasteiger partial charge in [0.1, 0.15) is 28.6 Å². The molecule has 0 atom stereocenters. The molecule has 0 saturated heterocycles. The Hall–Kier alpha value is -5.80. The highest BCUT2D eigenvalue weighted by molar-refractivity contribution is 5.95. The maximum absolute atomic E-state index is 16.0. The molecule has 0 aliphatic heterocycles. The summed E-state index contributed by atoms with van der Waals surface area (Å²) in [5, 5.41) is 24.7. The van der Waals surface area contributed by atoms with Crippen molar-refractivity contribution in [2.24, 2.45) is 5.73 Å². The van der Waals surface area contributed by atoms with Crippen LogP contribution >= 0.6 is 0 Å². The average Bonchev–Trinajstić information content (AvgIpc) is 3.01. The van der Waals surface area contributed by atoms with Crippen molar-refractivity contribution in [1.82, 2.24) is 9.97 Å². The van der Waals surface area contributed by atoms with Crippen LogP contribution in [0.3, 0.4) is 0 Å². The SMILES string of the molecule is CC(C)N(c1c(F)c(Oc2cccc(C(=N)N)c2)nc(Oc2ccc(-c3ccncc3)cc2C(=O)O)c1F)C(C)C.O=C(O)C(F)(F)F. The van der Waals surface area contributed by atoms with Gasteiger partial charge in [0.2, 0.25) is 11.6 Å². The van der Waals surface area contributed by atoms with Crippen molar-refractivity contribution < 1.29 is 51.2 Å². The number of aromatic carboxylic acids is 1. The number of pyridine rings is 2. The van der Waals surface area contributed by atoms with E-state index >= 15 is 8.78 Å². The zero-order valence-corrected chi connectivity index (χ0v) is 25.8. The third kappa shape index (κ3) is 8.92. The molecule has 4 rings (SSSR count). The van der Waals surface area contributed by atoms with E-state index in [0.29, 0.717) is 11.1 Å². The fourth-order valence-corrected chi connectivity index (χ4v) is 4.42. The zero-order chi connectivity index (χ0) is 35.9. The number of hydrogen-bond donors (Lipinski definition) is 4. The molecule has 16 heteroatoms. The van der Waals surface area contributed by atoms with Gasteiger partial charge in [0.25, 0.3) is 11.8 Å². The van der Waals surface area contributed by atoms with Crippen LogP contribution in [-0.2, 0) is 4.79 Å². The van der Waals surface area contributed by atoms with E-state index in [1.54, 1.807) is 70.4 Å². The van der Waals surface area contributed by atoms with E-state index in [2.05, 4.69) is 9.97 Å². The highest BCUT2D eigenvalue weighted by atomic mass is 19.4. The fraction of sp³-hybridized carbons (Fsp3) is 0.219. The second kappa shape index (κ2) is 15.2. The van der Waals surface area contributed by atoms with Gasteiger partial charge in [0.05, 0.1) is 0 Å². The van der Waals surface area contributed by atoms with E-state index in [-0.39, 0.29) is 35.0 Å². The minimum Gasteiger partial charge on any atom is -0.478 e. The molecule has 0 amide bonds. The van der Waals surface area contributed by atoms with Gasteiger partial charge in [-0.15, -0.1) is 0 Å². The lowest BCUT2D eigenvalue weighted by atomic mass is 10.0. The number of alkyl halides is 3. The number of halogens is 5. The number of nitrogens with zero attached hydrogens (tertiary/aromatic N) is 3. The number of nitrogens with two attached hydrogens (primary N) is 1. The molecule has 2 aromatic carbocycles. The highest BCUT2D eigenvalue weighted by Gasteiger charge is 2.38. The quantitative estimate of drug-likeness (QED) is 0.0762. The van der Waals surface area contributed by atoms with Crippen LogP contribution in [0.15, 0.2) is 67.0 Å². The number of anilines is 1. The first-order valence-corrected chi connectivity index (χ1v) is 14.0. The summed E-state index contributed by atoms with van der Waals surface area (Å²) in [5.41, 5.74) is 6.48. The van der Waals surface area contributed by atoms with Gasteiger partial charge in [-0.3, -0.25) is 10.4 Å². The summed E-state index contributed by atoms with van der Waals surface area (Å²) in [6.07, 6.45) is -1.94. The predicted molar refractivity (Wildman–Crippen MR) is 165 cm³/mol. The van der Waals surface area contributed by atoms with Crippen LogP contribution in [0.1, 0.15) is 43.6 Å². The number of carboxylic acid groups (broad SMARTS) is 2. The van der Waals surface area contributed by atoms with E-state index in [9.17, 15) is 23.1 Å². The Morgan fingerprint density at radius 3 is 1.94 bits per heavy atom. The normalized spacial score (nSPS) is 11.1. The molecule has 2 aromatic heterocycles. The number of benzene rings is 2. The van der Waals surface area contributed by atoms with Gasteiger partial charge in [0, 0.05) is 30.0 Å². The van der Waals surface area contributed by atoms with Crippen molar-refractivity contribution in [1.29, 1.82) is 5.41 Å². The molecular weight excluding hydrogens is 645 g/mol. The van der Waals surface area contributed by atoms with Gasteiger partial charge < -0.3 is 30.3 Å². The number of amidine groups is 1. The maximum atomic E-state index is 16.0. The number of carboxylic acids is 2. The van der Waals surface area contributed by atoms with Gasteiger partial charge in [-0.25, -0.2) is 9.59 Å². The standard InChI is InChI=1S/C30H29F2N5O4.C2HF3O2/c1-16(2)37(17(3)4)26-24(31)28(40-21-7-5-6-20(14-21)27(33)34)36-29(25(26)32)41-23-9-8-19(15-22(23)30(38)39)18-10-12-35-13-11-18;3-2(4,5)1(6)7/h5-17H,1-4H3,(H3,33,34)(H,38,39);(H,6,7). The first kappa shape index (κ1) is 36.7. The number of aromatic nitrogens is 2. The van der Waals surface area contributed by atoms with E-state index in [1.165, 1.54) is 29.2 Å². The van der Waals surface area contributed by atoms with Crippen molar-refractivity contribution in [2.45, 2.75) is 46.0 Å². The molecule has 11 nitrogen and oxygen atoms in total. The highest BCUT2D eigenvalue weighted by Crippen LogP contribution is 2.40. The molecule has 0 bridgehead atoms. The summed E-state index contributed by atoms with van der Waals surface area (Å²) in [6, 6.07) is 13.2. The number of hydrogen-bond acceptors (Lipinski definition) is 8. The van der Waals surface area contributed by atoms with Gasteiger partial charge in [-0.2, -0.15) is 26.9 Å². The second-order valence-electron chi connectivity index (χ2n) is 10.5. The fourth-order valence-electron chi connectivity index (χ4n) is 4.42. The van der Waals surface area contributed by atoms with E-state index in [1.807, 2.05) is 0 Å². The summed E-state index contributed by atoms with van der Waals surface area (Å²) >= 11 is 0. The zero-order valence-electron chi connectivity index (χ0n) is 25.8. The summed E-state index contributed by atoms with van der Waals surface area (Å²) < 4.78 is 75.1. The molecule has 0 unspecified atom stereocenters. The monoisotopic (exact) mass is 675 g/mol. The summed E-state index contributed by atoms with van der Waals surface area (Å²) in [6.45, 7) is 7.10. The lowest BCUT2D eigenvalue weighted by Crippen LogP contribution is -2.38. The smallest absolute Gasteiger partial charge is 0.478 e. The van der Waals surface area contributed by atoms with Crippen molar-refractivity contribution >= 4 is 23.5 Å². The number of carbonyl (C=O) groups is 2. The van der Waals surface area contributed by atoms with Gasteiger partial charge in [-0.1, -0.05) is 18.2 Å². The Bertz CT molecular complexity index is 1790. The minimum absolute atomic E-state index is 0.0983. The van der Waals surface area contributed by atoms with Crippen LogP contribution in [0, 0.1) is 17.0 Å². The molecule has 254 valence electrons. The lowest BCUT2D eigenvalue weighted by molar-refractivity contribution is -0.192. The van der Waals surface area contributed by atoms with Crippen molar-refractivity contribution in [2.75, 3.05) is 4.90 Å². The average molecular weight is 676 g/mol. The van der Waals surface area contributed by atoms with Gasteiger partial charge in [-0.05, 0) is 75.2 Å². The minimum atomic E-state index is -5.08. The predicted octanol–water partition coefficient (Wildman–Crippen LogP) is 7.25. The van der Waals surface area contributed by atoms with Crippen LogP contribution in [0.2, 0.25) is 0 Å². The van der Waals surface area contributed by atoms with Crippen LogP contribution in [0.5, 0.6) is 23.3 Å². The molecule has 5 N–H and O–H groups in total. The third-order valence-electron chi connectivity index (χ3n) is 6.40. The second-order valence-corrected chi connectivity index (χ2v) is 10.5. The van der Waals surface area contributed by atoms with E-state index in [0.717, 1.165) is 5.56 Å². The lowest BCUT2D eigenvalue weighted by Gasteiger charge is -2.33. The molecule has 0 fully saturated rings. The van der Waals surface area contributed by atoms with Crippen molar-refractivity contribution in [3.05, 3.63) is 89.8 Å². The first-order chi connectivity index (χ1) is 22.4. The third-order valence-corrected chi connectivity index (χ3v) is 6.40. The van der Waals surface area contributed by atoms with Crippen LogP contribution in [0.25, 0.3) is 11.1 Å². The topological polar surface area (TPSA) is 172 Å². The van der Waals surface area contributed by atoms with Crippen LogP contribution < -0.4 is 20.1 Å². The molecule has 0 saturated carbocycles. The van der Waals surface area contributed by atoms with Crippen molar-refractivity contribution in [3.8, 4) is 34.4 Å². The summed E-state index contributed by atoms with van der Waals surface area (Å²) in [5.74, 6) is -7.88.